The van der Waals surface area contributed by atoms with Gasteiger partial charge in [0.15, 0.2) is 0 Å². The predicted molar refractivity (Wildman–Crippen MR) is 104 cm³/mol. The largest absolute Gasteiger partial charge is 0.485 e. The number of likely N-dealkylation sites (tertiary alicyclic amines) is 1. The molecule has 0 aliphatic carbocycles. The van der Waals surface area contributed by atoms with Gasteiger partial charge in [0, 0.05) is 26.2 Å². The van der Waals surface area contributed by atoms with Crippen molar-refractivity contribution in [1.29, 1.82) is 0 Å². The minimum absolute atomic E-state index is 0.0139. The number of para-hydroxylation sites is 1. The number of urea groups is 1. The zero-order valence-electron chi connectivity index (χ0n) is 15.7. The fraction of sp³-hybridized carbons (Fsp3) is 0.500. The lowest BCUT2D eigenvalue weighted by Crippen LogP contribution is -2.47. The van der Waals surface area contributed by atoms with E-state index in [1.165, 1.54) is 6.07 Å². The van der Waals surface area contributed by atoms with E-state index in [4.69, 9.17) is 4.74 Å². The van der Waals surface area contributed by atoms with Gasteiger partial charge in [-0.15, -0.1) is 6.58 Å². The fourth-order valence-electron chi connectivity index (χ4n) is 3.48. The minimum atomic E-state index is -3.84. The molecule has 0 unspecified atom stereocenters. The van der Waals surface area contributed by atoms with Crippen molar-refractivity contribution in [2.75, 3.05) is 39.8 Å². The molecule has 0 saturated carbocycles. The zero-order chi connectivity index (χ0) is 20.3. The van der Waals surface area contributed by atoms with Gasteiger partial charge in [0.2, 0.25) is 10.0 Å². The number of carbonyl (C=O) groups excluding carboxylic acids is 1. The number of ether oxygens (including phenoxy) is 1. The van der Waals surface area contributed by atoms with Gasteiger partial charge in [-0.05, 0) is 19.2 Å². The number of fused-ring (bicyclic) bond motifs is 2. The van der Waals surface area contributed by atoms with Crippen LogP contribution in [0.5, 0.6) is 5.75 Å². The number of amides is 2. The van der Waals surface area contributed by atoms with E-state index < -0.39 is 22.2 Å². The highest BCUT2D eigenvalue weighted by molar-refractivity contribution is 7.89. The highest BCUT2D eigenvalue weighted by Crippen LogP contribution is 2.28. The van der Waals surface area contributed by atoms with Crippen LogP contribution in [-0.2, 0) is 10.0 Å². The average Bonchev–Trinajstić information content (AvgIpc) is 3.08. The number of aliphatic hydroxyl groups is 1. The van der Waals surface area contributed by atoms with E-state index in [1.54, 1.807) is 29.2 Å². The lowest BCUT2D eigenvalue weighted by molar-refractivity contribution is 0.0713. The molecule has 2 heterocycles. The van der Waals surface area contributed by atoms with E-state index in [9.17, 15) is 18.3 Å². The second kappa shape index (κ2) is 8.48. The first-order valence-corrected chi connectivity index (χ1v) is 10.6. The molecule has 2 amide bonds. The molecule has 2 aliphatic heterocycles. The molecule has 1 fully saturated rings. The summed E-state index contributed by atoms with van der Waals surface area (Å²) < 4.78 is 33.8. The average molecular weight is 410 g/mol. The van der Waals surface area contributed by atoms with Gasteiger partial charge < -0.3 is 20.1 Å². The quantitative estimate of drug-likeness (QED) is 0.572. The van der Waals surface area contributed by atoms with Gasteiger partial charge in [0.1, 0.15) is 16.7 Å². The van der Waals surface area contributed by atoms with E-state index in [0.29, 0.717) is 19.6 Å². The standard InChI is InChI=1S/C18H26N4O5S/c1-3-8-19-18(24)22-11-14-16(12-22)27-15-6-4-5-7-17(15)28(25,26)20-9-13(23)10-21(14)2/h3-7,13-14,16,20,23H,1,8-12H2,2H3,(H,19,24)/t13-,14+,16-/m0/s1. The topological polar surface area (TPSA) is 111 Å². The van der Waals surface area contributed by atoms with Crippen molar-refractivity contribution in [3.63, 3.8) is 0 Å². The van der Waals surface area contributed by atoms with Crippen LogP contribution in [-0.4, -0.2) is 87.4 Å². The number of hydrogen-bond acceptors (Lipinski definition) is 6. The highest BCUT2D eigenvalue weighted by atomic mass is 32.2. The number of likely N-dealkylation sites (N-methyl/N-ethyl adjacent to an activating group) is 1. The van der Waals surface area contributed by atoms with Gasteiger partial charge in [-0.3, -0.25) is 4.90 Å². The first-order valence-electron chi connectivity index (χ1n) is 9.09. The van der Waals surface area contributed by atoms with Gasteiger partial charge >= 0.3 is 6.03 Å². The molecular weight excluding hydrogens is 384 g/mol. The maximum absolute atomic E-state index is 12.6. The molecule has 0 bridgehead atoms. The number of rotatable bonds is 2. The van der Waals surface area contributed by atoms with E-state index in [0.717, 1.165) is 0 Å². The SMILES string of the molecule is C=CCNC(=O)N1C[C@@H]2Oc3ccccc3S(=O)(=O)NC[C@H](O)CN(C)[C@@H]2C1. The van der Waals surface area contributed by atoms with Gasteiger partial charge in [-0.1, -0.05) is 18.2 Å². The van der Waals surface area contributed by atoms with E-state index in [-0.39, 0.29) is 35.8 Å². The summed E-state index contributed by atoms with van der Waals surface area (Å²) in [4.78, 5) is 15.9. The maximum Gasteiger partial charge on any atom is 0.317 e. The molecule has 1 aromatic carbocycles. The van der Waals surface area contributed by atoms with Gasteiger partial charge in [-0.25, -0.2) is 17.9 Å². The summed E-state index contributed by atoms with van der Waals surface area (Å²) in [6.07, 6.45) is 0.262. The Labute approximate surface area is 165 Å². The molecule has 9 nitrogen and oxygen atoms in total. The Morgan fingerprint density at radius 1 is 1.39 bits per heavy atom. The third kappa shape index (κ3) is 4.46. The molecule has 0 radical (unpaired) electrons. The number of carbonyl (C=O) groups is 1. The van der Waals surface area contributed by atoms with Crippen molar-refractivity contribution in [2.45, 2.75) is 23.1 Å². The van der Waals surface area contributed by atoms with Gasteiger partial charge in [0.25, 0.3) is 0 Å². The van der Waals surface area contributed by atoms with Crippen LogP contribution in [0.25, 0.3) is 0 Å². The smallest absolute Gasteiger partial charge is 0.317 e. The van der Waals surface area contributed by atoms with Crippen LogP contribution in [0.15, 0.2) is 41.8 Å². The summed E-state index contributed by atoms with van der Waals surface area (Å²) in [6.45, 7) is 4.78. The van der Waals surface area contributed by atoms with Crippen molar-refractivity contribution < 1.29 is 23.1 Å². The third-order valence-electron chi connectivity index (χ3n) is 4.91. The number of nitrogens with zero attached hydrogens (tertiary/aromatic N) is 2. The van der Waals surface area contributed by atoms with Crippen LogP contribution in [0.1, 0.15) is 0 Å². The number of β-amino-alcohol motifs (C(OH)–C–C–N with tert-alkyl or cyclic N) is 1. The number of hydrogen-bond donors (Lipinski definition) is 3. The summed E-state index contributed by atoms with van der Waals surface area (Å²) in [6, 6.07) is 5.94. The zero-order valence-corrected chi connectivity index (χ0v) is 16.6. The van der Waals surface area contributed by atoms with Gasteiger partial charge in [0.05, 0.1) is 18.7 Å². The van der Waals surface area contributed by atoms with Crippen molar-refractivity contribution >= 4 is 16.1 Å². The number of benzene rings is 1. The van der Waals surface area contributed by atoms with Crippen LogP contribution in [0, 0.1) is 0 Å². The Morgan fingerprint density at radius 2 is 2.14 bits per heavy atom. The molecular formula is C18H26N4O5S. The molecule has 1 saturated heterocycles. The first kappa shape index (κ1) is 20.6. The molecule has 154 valence electrons. The molecule has 3 atom stereocenters. The summed E-state index contributed by atoms with van der Waals surface area (Å²) in [7, 11) is -2.01. The summed E-state index contributed by atoms with van der Waals surface area (Å²) in [5.74, 6) is 0.225. The molecule has 0 spiro atoms. The van der Waals surface area contributed by atoms with Crippen LogP contribution in [0.4, 0.5) is 4.79 Å². The highest BCUT2D eigenvalue weighted by Gasteiger charge is 2.40. The molecule has 3 N–H and O–H groups in total. The Hall–Kier alpha value is -2.14. The van der Waals surface area contributed by atoms with Crippen LogP contribution in [0.2, 0.25) is 0 Å². The van der Waals surface area contributed by atoms with Crippen molar-refractivity contribution in [3.05, 3.63) is 36.9 Å². The minimum Gasteiger partial charge on any atom is -0.485 e. The third-order valence-corrected chi connectivity index (χ3v) is 6.38. The van der Waals surface area contributed by atoms with Crippen LogP contribution in [0.3, 0.4) is 0 Å². The normalized spacial score (nSPS) is 27.6. The number of nitrogens with one attached hydrogen (secondary N) is 2. The lowest BCUT2D eigenvalue weighted by Gasteiger charge is -2.29. The summed E-state index contributed by atoms with van der Waals surface area (Å²) >= 11 is 0. The van der Waals surface area contributed by atoms with Crippen LogP contribution < -0.4 is 14.8 Å². The predicted octanol–water partition coefficient (Wildman–Crippen LogP) is -0.402. The molecule has 2 aliphatic rings. The monoisotopic (exact) mass is 410 g/mol. The Bertz CT molecular complexity index is 831. The fourth-order valence-corrected chi connectivity index (χ4v) is 4.69. The van der Waals surface area contributed by atoms with Crippen LogP contribution >= 0.6 is 0 Å². The molecule has 1 aromatic rings. The van der Waals surface area contributed by atoms with E-state index >= 15 is 0 Å². The first-order chi connectivity index (χ1) is 13.3. The van der Waals surface area contributed by atoms with Crippen molar-refractivity contribution in [1.82, 2.24) is 19.8 Å². The Morgan fingerprint density at radius 3 is 2.89 bits per heavy atom. The Balaban J connectivity index is 1.92. The molecule has 3 rings (SSSR count). The molecule has 0 aromatic heterocycles. The maximum atomic E-state index is 12.6. The van der Waals surface area contributed by atoms with Crippen molar-refractivity contribution in [3.8, 4) is 5.75 Å². The Kier molecular flexibility index (Phi) is 6.23. The summed E-state index contributed by atoms with van der Waals surface area (Å²) in [5, 5.41) is 13.0. The molecule has 10 heteroatoms. The van der Waals surface area contributed by atoms with E-state index in [1.807, 2.05) is 11.9 Å². The van der Waals surface area contributed by atoms with E-state index in [2.05, 4.69) is 16.6 Å². The number of aliphatic hydroxyl groups excluding tert-OH is 1. The van der Waals surface area contributed by atoms with Gasteiger partial charge in [-0.2, -0.15) is 0 Å². The molecule has 28 heavy (non-hydrogen) atoms. The lowest BCUT2D eigenvalue weighted by atomic mass is 10.1. The second-order valence-electron chi connectivity index (χ2n) is 7.00. The van der Waals surface area contributed by atoms with Crippen molar-refractivity contribution in [2.24, 2.45) is 0 Å². The summed E-state index contributed by atoms with van der Waals surface area (Å²) in [5.41, 5.74) is 0. The number of sulfonamides is 1. The second-order valence-corrected chi connectivity index (χ2v) is 8.73.